The van der Waals surface area contributed by atoms with Crippen LogP contribution in [0.1, 0.15) is 15.2 Å². The topological polar surface area (TPSA) is 45.6 Å². The highest BCUT2D eigenvalue weighted by Gasteiger charge is 2.21. The van der Waals surface area contributed by atoms with E-state index in [1.165, 1.54) is 45.9 Å². The van der Waals surface area contributed by atoms with Crippen LogP contribution in [0.25, 0.3) is 10.2 Å². The molecule has 0 atom stereocenters. The number of amides is 1. The van der Waals surface area contributed by atoms with Gasteiger partial charge in [0.05, 0.1) is 16.4 Å². The van der Waals surface area contributed by atoms with Crippen LogP contribution in [0.4, 0.5) is 9.52 Å². The number of aromatic nitrogens is 1. The smallest absolute Gasteiger partial charge is 0.267 e. The molecule has 27 heavy (non-hydrogen) atoms. The Morgan fingerprint density at radius 2 is 2.07 bits per heavy atom. The summed E-state index contributed by atoms with van der Waals surface area (Å²) in [5.74, 6) is -0.920. The van der Waals surface area contributed by atoms with E-state index in [1.807, 2.05) is 35.7 Å². The number of hydrogen-bond donors (Lipinski definition) is 0. The third-order valence-electron chi connectivity index (χ3n) is 3.63. The number of hydrogen-bond acceptors (Lipinski definition) is 5. The van der Waals surface area contributed by atoms with Gasteiger partial charge < -0.3 is 0 Å². The number of benzene rings is 2. The number of nitrogens with zero attached hydrogens (tertiary/aromatic N) is 3. The van der Waals surface area contributed by atoms with Gasteiger partial charge in [0.15, 0.2) is 0 Å². The quantitative estimate of drug-likeness (QED) is 0.280. The molecule has 2 aromatic carbocycles. The second kappa shape index (κ2) is 7.67. The summed E-state index contributed by atoms with van der Waals surface area (Å²) < 4.78 is 15.4. The van der Waals surface area contributed by atoms with Crippen LogP contribution in [-0.2, 0) is 0 Å². The summed E-state index contributed by atoms with van der Waals surface area (Å²) in [5.41, 5.74) is 0.973. The fourth-order valence-corrected chi connectivity index (χ4v) is 4.44. The first-order chi connectivity index (χ1) is 13.1. The minimum atomic E-state index is -0.476. The Labute approximate surface area is 170 Å². The number of thiophene rings is 1. The molecule has 4 nitrogen and oxygen atoms in total. The molecule has 0 saturated heterocycles. The van der Waals surface area contributed by atoms with Crippen LogP contribution in [0.3, 0.4) is 0 Å². The predicted octanol–water partition coefficient (Wildman–Crippen LogP) is 5.94. The van der Waals surface area contributed by atoms with Gasteiger partial charge in [-0.1, -0.05) is 39.4 Å². The lowest BCUT2D eigenvalue weighted by molar-refractivity contribution is 0.0987. The maximum absolute atomic E-state index is 13.6. The molecule has 8 heteroatoms. The van der Waals surface area contributed by atoms with Crippen molar-refractivity contribution in [2.75, 3.05) is 5.01 Å². The third-order valence-corrected chi connectivity index (χ3v) is 5.92. The van der Waals surface area contributed by atoms with Crippen molar-refractivity contribution >= 4 is 66.1 Å². The van der Waals surface area contributed by atoms with E-state index in [9.17, 15) is 9.18 Å². The molecule has 2 aromatic heterocycles. The molecule has 0 aliphatic heterocycles. The second-order valence-electron chi connectivity index (χ2n) is 5.50. The lowest BCUT2D eigenvalue weighted by Crippen LogP contribution is -2.25. The standard InChI is InChI=1S/C19H11BrFN3OS2/c20-13-6-7-16-17(10-13)27-19(23-16)24(22-11-15-5-2-8-26-15)18(25)12-3-1-4-14(21)9-12/h1-11H/b22-11+. The number of halogens is 2. The van der Waals surface area contributed by atoms with Gasteiger partial charge in [0.1, 0.15) is 5.82 Å². The average Bonchev–Trinajstić information content (AvgIpc) is 3.31. The van der Waals surface area contributed by atoms with Gasteiger partial charge in [-0.05, 0) is 47.8 Å². The summed E-state index contributed by atoms with van der Waals surface area (Å²) in [4.78, 5) is 18.4. The first-order valence-corrected chi connectivity index (χ1v) is 10.3. The van der Waals surface area contributed by atoms with Crippen LogP contribution in [0, 0.1) is 5.82 Å². The maximum Gasteiger partial charge on any atom is 0.280 e. The van der Waals surface area contributed by atoms with Crippen LogP contribution in [-0.4, -0.2) is 17.1 Å². The monoisotopic (exact) mass is 459 g/mol. The van der Waals surface area contributed by atoms with E-state index < -0.39 is 11.7 Å². The second-order valence-corrected chi connectivity index (χ2v) is 8.40. The fraction of sp³-hybridized carbons (Fsp3) is 0. The number of rotatable bonds is 4. The molecule has 0 fully saturated rings. The van der Waals surface area contributed by atoms with Gasteiger partial charge in [-0.15, -0.1) is 11.3 Å². The Balaban J connectivity index is 1.77. The zero-order valence-electron chi connectivity index (χ0n) is 13.7. The molecule has 4 rings (SSSR count). The molecule has 134 valence electrons. The van der Waals surface area contributed by atoms with Crippen LogP contribution < -0.4 is 5.01 Å². The highest BCUT2D eigenvalue weighted by molar-refractivity contribution is 9.10. The lowest BCUT2D eigenvalue weighted by atomic mass is 10.2. The Morgan fingerprint density at radius 1 is 1.19 bits per heavy atom. The molecule has 0 spiro atoms. The molecule has 0 N–H and O–H groups in total. The summed E-state index contributed by atoms with van der Waals surface area (Å²) in [7, 11) is 0. The fourth-order valence-electron chi connectivity index (χ4n) is 2.39. The van der Waals surface area contributed by atoms with Gasteiger partial charge in [0.25, 0.3) is 5.91 Å². The molecule has 1 amide bonds. The minimum Gasteiger partial charge on any atom is -0.267 e. The summed E-state index contributed by atoms with van der Waals surface area (Å²) in [5, 5.41) is 7.91. The van der Waals surface area contributed by atoms with E-state index in [4.69, 9.17) is 0 Å². The van der Waals surface area contributed by atoms with E-state index >= 15 is 0 Å². The van der Waals surface area contributed by atoms with E-state index in [-0.39, 0.29) is 5.56 Å². The summed E-state index contributed by atoms with van der Waals surface area (Å²) >= 11 is 6.29. The van der Waals surface area contributed by atoms with Gasteiger partial charge in [-0.25, -0.2) is 9.37 Å². The number of carbonyl (C=O) groups is 1. The van der Waals surface area contributed by atoms with Crippen LogP contribution in [0.15, 0.2) is 69.6 Å². The van der Waals surface area contributed by atoms with Crippen molar-refractivity contribution in [3.05, 3.63) is 80.7 Å². The Kier molecular flexibility index (Phi) is 5.11. The number of hydrazone groups is 1. The molecule has 0 aliphatic rings. The van der Waals surface area contributed by atoms with Crippen molar-refractivity contribution in [1.82, 2.24) is 4.98 Å². The van der Waals surface area contributed by atoms with Gasteiger partial charge in [-0.3, -0.25) is 4.79 Å². The lowest BCUT2D eigenvalue weighted by Gasteiger charge is -2.13. The van der Waals surface area contributed by atoms with Gasteiger partial charge in [0, 0.05) is 14.9 Å². The van der Waals surface area contributed by atoms with E-state index in [2.05, 4.69) is 26.0 Å². The molecule has 0 aliphatic carbocycles. The maximum atomic E-state index is 13.6. The normalized spacial score (nSPS) is 11.3. The summed E-state index contributed by atoms with van der Waals surface area (Å²) in [6, 6.07) is 15.0. The molecular formula is C19H11BrFN3OS2. The predicted molar refractivity (Wildman–Crippen MR) is 112 cm³/mol. The van der Waals surface area contributed by atoms with Crippen molar-refractivity contribution < 1.29 is 9.18 Å². The summed E-state index contributed by atoms with van der Waals surface area (Å²) in [6.45, 7) is 0. The summed E-state index contributed by atoms with van der Waals surface area (Å²) in [6.07, 6.45) is 1.60. The zero-order valence-corrected chi connectivity index (χ0v) is 16.9. The first-order valence-electron chi connectivity index (χ1n) is 7.84. The Hall–Kier alpha value is -2.42. The van der Waals surface area contributed by atoms with Gasteiger partial charge in [0.2, 0.25) is 5.13 Å². The van der Waals surface area contributed by atoms with Crippen LogP contribution >= 0.6 is 38.6 Å². The van der Waals surface area contributed by atoms with Gasteiger partial charge in [-0.2, -0.15) is 10.1 Å². The highest BCUT2D eigenvalue weighted by atomic mass is 79.9. The van der Waals surface area contributed by atoms with E-state index in [0.717, 1.165) is 19.6 Å². The van der Waals surface area contributed by atoms with Crippen molar-refractivity contribution in [2.24, 2.45) is 5.10 Å². The number of fused-ring (bicyclic) bond motifs is 1. The number of carbonyl (C=O) groups excluding carboxylic acids is 1. The highest BCUT2D eigenvalue weighted by Crippen LogP contribution is 2.32. The average molecular weight is 460 g/mol. The largest absolute Gasteiger partial charge is 0.280 e. The van der Waals surface area contributed by atoms with Crippen molar-refractivity contribution in [2.45, 2.75) is 0 Å². The molecule has 0 radical (unpaired) electrons. The first kappa shape index (κ1) is 18.0. The van der Waals surface area contributed by atoms with Crippen molar-refractivity contribution in [3.8, 4) is 0 Å². The molecule has 2 heterocycles. The Bertz CT molecular complexity index is 1140. The molecule has 0 bridgehead atoms. The zero-order chi connectivity index (χ0) is 18.8. The molecular weight excluding hydrogens is 449 g/mol. The molecule has 0 unspecified atom stereocenters. The molecule has 0 saturated carbocycles. The molecule has 4 aromatic rings. The Morgan fingerprint density at radius 3 is 2.85 bits per heavy atom. The number of anilines is 1. The third kappa shape index (κ3) is 3.97. The van der Waals surface area contributed by atoms with Crippen molar-refractivity contribution in [3.63, 3.8) is 0 Å². The van der Waals surface area contributed by atoms with E-state index in [0.29, 0.717) is 5.13 Å². The van der Waals surface area contributed by atoms with Crippen molar-refractivity contribution in [1.29, 1.82) is 0 Å². The van der Waals surface area contributed by atoms with Crippen LogP contribution in [0.5, 0.6) is 0 Å². The van der Waals surface area contributed by atoms with Gasteiger partial charge >= 0.3 is 0 Å². The SMILES string of the molecule is O=C(c1cccc(F)c1)N(/N=C/c1cccs1)c1nc2ccc(Br)cc2s1. The number of thiazole rings is 1. The van der Waals surface area contributed by atoms with E-state index in [1.54, 1.807) is 12.3 Å². The minimum absolute atomic E-state index is 0.207. The van der Waals surface area contributed by atoms with Crippen LogP contribution in [0.2, 0.25) is 0 Å².